The van der Waals surface area contributed by atoms with Crippen molar-refractivity contribution in [3.05, 3.63) is 65.7 Å². The largest absolute Gasteiger partial charge is 0.445 e. The molecule has 5 nitrogen and oxygen atoms in total. The van der Waals surface area contributed by atoms with Crippen LogP contribution < -0.4 is 10.2 Å². The fourth-order valence-corrected chi connectivity index (χ4v) is 2.64. The van der Waals surface area contributed by atoms with Gasteiger partial charge in [-0.1, -0.05) is 48.2 Å². The standard InChI is InChI=1S/C21H22N2O3/c24-21(26-17-19-6-2-1-3-7-19)22-11-5-9-18-8-4-10-20(16-18)23-12-14-25-15-13-23/h1-4,6-8,10,16H,11-15,17H2,(H,22,24). The predicted octanol–water partition coefficient (Wildman–Crippen LogP) is 2.80. The van der Waals surface area contributed by atoms with E-state index in [1.807, 2.05) is 42.5 Å². The lowest BCUT2D eigenvalue weighted by Gasteiger charge is -2.28. The van der Waals surface area contributed by atoms with Gasteiger partial charge in [-0.3, -0.25) is 0 Å². The molecule has 0 bridgehead atoms. The molecule has 5 heteroatoms. The number of rotatable bonds is 4. The summed E-state index contributed by atoms with van der Waals surface area (Å²) in [6, 6.07) is 17.7. The van der Waals surface area contributed by atoms with E-state index in [2.05, 4.69) is 34.2 Å². The number of carbonyl (C=O) groups excluding carboxylic acids is 1. The van der Waals surface area contributed by atoms with Crippen LogP contribution in [0.2, 0.25) is 0 Å². The van der Waals surface area contributed by atoms with Crippen molar-refractivity contribution >= 4 is 11.8 Å². The molecule has 134 valence electrons. The van der Waals surface area contributed by atoms with Crippen LogP contribution in [0.5, 0.6) is 0 Å². The van der Waals surface area contributed by atoms with Gasteiger partial charge in [0.05, 0.1) is 19.8 Å². The first kappa shape index (κ1) is 17.8. The first-order valence-corrected chi connectivity index (χ1v) is 8.67. The van der Waals surface area contributed by atoms with E-state index in [4.69, 9.17) is 9.47 Å². The van der Waals surface area contributed by atoms with Gasteiger partial charge in [0.15, 0.2) is 0 Å². The average Bonchev–Trinajstić information content (AvgIpc) is 2.71. The molecule has 0 aromatic heterocycles. The Bertz CT molecular complexity index is 775. The number of hydrogen-bond donors (Lipinski definition) is 1. The maximum atomic E-state index is 11.7. The van der Waals surface area contributed by atoms with Gasteiger partial charge in [0, 0.05) is 24.3 Å². The lowest BCUT2D eigenvalue weighted by Crippen LogP contribution is -2.36. The predicted molar refractivity (Wildman–Crippen MR) is 101 cm³/mol. The molecule has 0 unspecified atom stereocenters. The number of nitrogens with zero attached hydrogens (tertiary/aromatic N) is 1. The summed E-state index contributed by atoms with van der Waals surface area (Å²) in [6.07, 6.45) is -0.467. The van der Waals surface area contributed by atoms with Crippen LogP contribution in [-0.2, 0) is 16.1 Å². The second kappa shape index (κ2) is 9.50. The fraction of sp³-hybridized carbons (Fsp3) is 0.286. The van der Waals surface area contributed by atoms with Gasteiger partial charge in [-0.2, -0.15) is 0 Å². The molecular weight excluding hydrogens is 328 g/mol. The van der Waals surface area contributed by atoms with E-state index in [9.17, 15) is 4.79 Å². The second-order valence-electron chi connectivity index (χ2n) is 5.87. The zero-order valence-corrected chi connectivity index (χ0v) is 14.6. The van der Waals surface area contributed by atoms with E-state index in [1.54, 1.807) is 0 Å². The van der Waals surface area contributed by atoms with Crippen molar-refractivity contribution in [1.82, 2.24) is 5.32 Å². The number of carbonyl (C=O) groups is 1. The van der Waals surface area contributed by atoms with Crippen LogP contribution in [0.15, 0.2) is 54.6 Å². The molecule has 1 saturated heterocycles. The lowest BCUT2D eigenvalue weighted by atomic mass is 10.2. The van der Waals surface area contributed by atoms with Crippen LogP contribution >= 0.6 is 0 Å². The molecule has 1 fully saturated rings. The Labute approximate surface area is 153 Å². The van der Waals surface area contributed by atoms with Crippen molar-refractivity contribution < 1.29 is 14.3 Å². The molecule has 1 heterocycles. The van der Waals surface area contributed by atoms with Crippen molar-refractivity contribution in [2.75, 3.05) is 37.7 Å². The summed E-state index contributed by atoms with van der Waals surface area (Å²) in [5.41, 5.74) is 3.03. The summed E-state index contributed by atoms with van der Waals surface area (Å²) in [7, 11) is 0. The third kappa shape index (κ3) is 5.54. The van der Waals surface area contributed by atoms with Crippen molar-refractivity contribution in [3.63, 3.8) is 0 Å². The van der Waals surface area contributed by atoms with Gasteiger partial charge in [-0.15, -0.1) is 0 Å². The van der Waals surface area contributed by atoms with Crippen molar-refractivity contribution in [2.24, 2.45) is 0 Å². The quantitative estimate of drug-likeness (QED) is 0.862. The molecule has 1 aliphatic rings. The second-order valence-corrected chi connectivity index (χ2v) is 5.87. The van der Waals surface area contributed by atoms with E-state index < -0.39 is 6.09 Å². The maximum Gasteiger partial charge on any atom is 0.408 e. The van der Waals surface area contributed by atoms with Crippen LogP contribution in [0.25, 0.3) is 0 Å². The highest BCUT2D eigenvalue weighted by atomic mass is 16.5. The molecule has 2 aromatic carbocycles. The Morgan fingerprint density at radius 2 is 1.92 bits per heavy atom. The minimum Gasteiger partial charge on any atom is -0.445 e. The van der Waals surface area contributed by atoms with Gasteiger partial charge in [0.2, 0.25) is 0 Å². The zero-order chi connectivity index (χ0) is 18.0. The molecule has 26 heavy (non-hydrogen) atoms. The van der Waals surface area contributed by atoms with Crippen LogP contribution in [0.1, 0.15) is 11.1 Å². The van der Waals surface area contributed by atoms with E-state index in [1.165, 1.54) is 0 Å². The normalized spacial score (nSPS) is 13.5. The minimum absolute atomic E-state index is 0.245. The van der Waals surface area contributed by atoms with Gasteiger partial charge in [-0.05, 0) is 23.8 Å². The Morgan fingerprint density at radius 3 is 2.73 bits per heavy atom. The fourth-order valence-electron chi connectivity index (χ4n) is 2.64. The smallest absolute Gasteiger partial charge is 0.408 e. The number of nitrogens with one attached hydrogen (secondary N) is 1. The van der Waals surface area contributed by atoms with Gasteiger partial charge in [-0.25, -0.2) is 4.79 Å². The Morgan fingerprint density at radius 1 is 1.12 bits per heavy atom. The molecule has 0 radical (unpaired) electrons. The number of alkyl carbamates (subject to hydrolysis) is 1. The number of amides is 1. The molecule has 1 amide bonds. The summed E-state index contributed by atoms with van der Waals surface area (Å²) >= 11 is 0. The number of morpholine rings is 1. The number of ether oxygens (including phenoxy) is 2. The zero-order valence-electron chi connectivity index (χ0n) is 14.6. The highest BCUT2D eigenvalue weighted by molar-refractivity contribution is 5.67. The molecule has 0 spiro atoms. The van der Waals surface area contributed by atoms with E-state index >= 15 is 0 Å². The van der Waals surface area contributed by atoms with Crippen LogP contribution in [0, 0.1) is 11.8 Å². The van der Waals surface area contributed by atoms with Gasteiger partial charge >= 0.3 is 6.09 Å². The van der Waals surface area contributed by atoms with Gasteiger partial charge in [0.1, 0.15) is 6.61 Å². The highest BCUT2D eigenvalue weighted by Gasteiger charge is 2.10. The Kier molecular flexibility index (Phi) is 6.52. The summed E-state index contributed by atoms with van der Waals surface area (Å²) in [5, 5.41) is 2.64. The topological polar surface area (TPSA) is 50.8 Å². The van der Waals surface area contributed by atoms with Crippen LogP contribution in [0.4, 0.5) is 10.5 Å². The van der Waals surface area contributed by atoms with E-state index in [0.717, 1.165) is 43.1 Å². The number of benzene rings is 2. The monoisotopic (exact) mass is 350 g/mol. The molecule has 0 aliphatic carbocycles. The molecule has 2 aromatic rings. The average molecular weight is 350 g/mol. The van der Waals surface area contributed by atoms with Crippen LogP contribution in [-0.4, -0.2) is 38.9 Å². The third-order valence-electron chi connectivity index (χ3n) is 3.99. The van der Waals surface area contributed by atoms with Crippen molar-refractivity contribution in [1.29, 1.82) is 0 Å². The van der Waals surface area contributed by atoms with E-state index in [-0.39, 0.29) is 13.2 Å². The summed E-state index contributed by atoms with van der Waals surface area (Å²) in [5.74, 6) is 6.03. The Balaban J connectivity index is 1.45. The maximum absolute atomic E-state index is 11.7. The van der Waals surface area contributed by atoms with Crippen molar-refractivity contribution in [2.45, 2.75) is 6.61 Å². The van der Waals surface area contributed by atoms with Gasteiger partial charge < -0.3 is 19.7 Å². The first-order chi connectivity index (χ1) is 12.8. The summed E-state index contributed by atoms with van der Waals surface area (Å²) < 4.78 is 10.5. The van der Waals surface area contributed by atoms with Crippen LogP contribution in [0.3, 0.4) is 0 Å². The number of anilines is 1. The molecule has 1 aliphatic heterocycles. The van der Waals surface area contributed by atoms with Crippen molar-refractivity contribution in [3.8, 4) is 11.8 Å². The lowest BCUT2D eigenvalue weighted by molar-refractivity contribution is 0.122. The summed E-state index contributed by atoms with van der Waals surface area (Å²) in [6.45, 7) is 3.80. The highest BCUT2D eigenvalue weighted by Crippen LogP contribution is 2.16. The summed E-state index contributed by atoms with van der Waals surface area (Å²) in [4.78, 5) is 14.0. The first-order valence-electron chi connectivity index (χ1n) is 8.67. The van der Waals surface area contributed by atoms with Gasteiger partial charge in [0.25, 0.3) is 0 Å². The molecular formula is C21H22N2O3. The molecule has 0 atom stereocenters. The van der Waals surface area contributed by atoms with E-state index in [0.29, 0.717) is 0 Å². The Hall–Kier alpha value is -2.97. The minimum atomic E-state index is -0.467. The molecule has 1 N–H and O–H groups in total. The molecule has 0 saturated carbocycles. The number of hydrogen-bond acceptors (Lipinski definition) is 4. The molecule has 3 rings (SSSR count). The third-order valence-corrected chi connectivity index (χ3v) is 3.99. The SMILES string of the molecule is O=C(NCC#Cc1cccc(N2CCOCC2)c1)OCc1ccccc1.